The van der Waals surface area contributed by atoms with Gasteiger partial charge in [-0.3, -0.25) is 4.79 Å². The predicted octanol–water partition coefficient (Wildman–Crippen LogP) is 3.87. The summed E-state index contributed by atoms with van der Waals surface area (Å²) >= 11 is 0. The minimum Gasteiger partial charge on any atom is -0.496 e. The molecule has 1 fully saturated rings. The number of nitrogens with one attached hydrogen (secondary N) is 2. The maximum atomic E-state index is 11.4. The van der Waals surface area contributed by atoms with Crippen LogP contribution in [0.4, 0.5) is 0 Å². The number of aromatic amines is 1. The normalized spacial score (nSPS) is 18.2. The van der Waals surface area contributed by atoms with Gasteiger partial charge in [0.1, 0.15) is 18.1 Å². The molecule has 5 heteroatoms. The molecule has 2 unspecified atom stereocenters. The van der Waals surface area contributed by atoms with E-state index in [2.05, 4.69) is 28.5 Å². The number of methoxy groups -OCH3 is 1. The molecule has 0 radical (unpaired) electrons. The highest BCUT2D eigenvalue weighted by Crippen LogP contribution is 2.49. The molecular formula is C24H26N2O3. The zero-order valence-corrected chi connectivity index (χ0v) is 16.6. The van der Waals surface area contributed by atoms with Gasteiger partial charge in [-0.25, -0.2) is 0 Å². The lowest BCUT2D eigenvalue weighted by molar-refractivity contribution is 0.363. The van der Waals surface area contributed by atoms with Gasteiger partial charge in [0.15, 0.2) is 0 Å². The highest BCUT2D eigenvalue weighted by molar-refractivity contribution is 5.79. The Morgan fingerprint density at radius 2 is 2.00 bits per heavy atom. The van der Waals surface area contributed by atoms with Crippen LogP contribution in [0.1, 0.15) is 17.9 Å². The summed E-state index contributed by atoms with van der Waals surface area (Å²) < 4.78 is 11.2. The van der Waals surface area contributed by atoms with E-state index in [-0.39, 0.29) is 5.56 Å². The van der Waals surface area contributed by atoms with E-state index in [0.717, 1.165) is 35.5 Å². The van der Waals surface area contributed by atoms with Gasteiger partial charge in [0.2, 0.25) is 5.56 Å². The molecule has 1 saturated carbocycles. The number of hydrogen-bond acceptors (Lipinski definition) is 4. The first-order valence-electron chi connectivity index (χ1n) is 9.99. The third-order valence-electron chi connectivity index (χ3n) is 5.34. The standard InChI is InChI=1S/C24H26N2O3/c1-28-23-7-3-2-6-20(23)21-14-18(21)16-25-12-4-5-13-29-19-10-8-17-9-11-24(27)26-22(17)15-19/h2-11,15,18,21,25H,12-14,16H2,1H3,(H,26,27)/b5-4+. The molecule has 1 aliphatic carbocycles. The Morgan fingerprint density at radius 1 is 1.14 bits per heavy atom. The summed E-state index contributed by atoms with van der Waals surface area (Å²) in [6.45, 7) is 2.33. The van der Waals surface area contributed by atoms with Crippen molar-refractivity contribution in [3.63, 3.8) is 0 Å². The summed E-state index contributed by atoms with van der Waals surface area (Å²) in [6.07, 6.45) is 5.31. The van der Waals surface area contributed by atoms with Gasteiger partial charge in [-0.2, -0.15) is 0 Å². The number of hydrogen-bond donors (Lipinski definition) is 2. The molecule has 1 aromatic heterocycles. The second-order valence-corrected chi connectivity index (χ2v) is 7.36. The van der Waals surface area contributed by atoms with Crippen molar-refractivity contribution in [2.45, 2.75) is 12.3 Å². The Morgan fingerprint density at radius 3 is 2.90 bits per heavy atom. The van der Waals surface area contributed by atoms with Gasteiger partial charge in [-0.15, -0.1) is 0 Å². The van der Waals surface area contributed by atoms with E-state index in [9.17, 15) is 4.79 Å². The first kappa shape index (κ1) is 19.3. The van der Waals surface area contributed by atoms with Crippen LogP contribution < -0.4 is 20.3 Å². The molecule has 4 rings (SSSR count). The van der Waals surface area contributed by atoms with Gasteiger partial charge in [0.05, 0.1) is 12.6 Å². The smallest absolute Gasteiger partial charge is 0.248 e. The van der Waals surface area contributed by atoms with Gasteiger partial charge in [0.25, 0.3) is 0 Å². The first-order chi connectivity index (χ1) is 14.2. The van der Waals surface area contributed by atoms with Crippen LogP contribution in [0.15, 0.2) is 71.5 Å². The Labute approximate surface area is 170 Å². The third-order valence-corrected chi connectivity index (χ3v) is 5.34. The molecule has 1 aliphatic rings. The minimum atomic E-state index is -0.107. The maximum Gasteiger partial charge on any atom is 0.248 e. The molecule has 29 heavy (non-hydrogen) atoms. The van der Waals surface area contributed by atoms with E-state index in [1.165, 1.54) is 18.1 Å². The second kappa shape index (κ2) is 8.97. The van der Waals surface area contributed by atoms with Crippen molar-refractivity contribution >= 4 is 10.9 Å². The molecule has 0 saturated heterocycles. The number of benzene rings is 2. The first-order valence-corrected chi connectivity index (χ1v) is 9.99. The van der Waals surface area contributed by atoms with Crippen molar-refractivity contribution in [1.82, 2.24) is 10.3 Å². The summed E-state index contributed by atoms with van der Waals surface area (Å²) in [7, 11) is 1.73. The highest BCUT2D eigenvalue weighted by atomic mass is 16.5. The second-order valence-electron chi connectivity index (χ2n) is 7.36. The van der Waals surface area contributed by atoms with Crippen LogP contribution in [0.5, 0.6) is 11.5 Å². The lowest BCUT2D eigenvalue weighted by atomic mass is 10.1. The van der Waals surface area contributed by atoms with Gasteiger partial charge in [-0.1, -0.05) is 30.4 Å². The zero-order valence-electron chi connectivity index (χ0n) is 16.6. The maximum absolute atomic E-state index is 11.4. The fourth-order valence-corrected chi connectivity index (χ4v) is 3.69. The molecule has 0 amide bonds. The van der Waals surface area contributed by atoms with E-state index in [0.29, 0.717) is 18.4 Å². The molecule has 1 heterocycles. The summed E-state index contributed by atoms with van der Waals surface area (Å²) in [5, 5.41) is 4.48. The van der Waals surface area contributed by atoms with Crippen LogP contribution in [0.25, 0.3) is 10.9 Å². The van der Waals surface area contributed by atoms with E-state index in [4.69, 9.17) is 9.47 Å². The number of pyridine rings is 1. The molecule has 0 aliphatic heterocycles. The van der Waals surface area contributed by atoms with E-state index >= 15 is 0 Å². The van der Waals surface area contributed by atoms with Crippen molar-refractivity contribution in [1.29, 1.82) is 0 Å². The molecule has 2 aromatic carbocycles. The lowest BCUT2D eigenvalue weighted by Gasteiger charge is -2.07. The minimum absolute atomic E-state index is 0.107. The Kier molecular flexibility index (Phi) is 5.96. The van der Waals surface area contributed by atoms with Crippen LogP contribution in [-0.4, -0.2) is 31.8 Å². The van der Waals surface area contributed by atoms with E-state index in [1.54, 1.807) is 7.11 Å². The number of ether oxygens (including phenoxy) is 2. The fraction of sp³-hybridized carbons (Fsp3) is 0.292. The molecule has 150 valence electrons. The SMILES string of the molecule is COc1ccccc1C1CC1CNC/C=C/COc1ccc2ccc(=O)[nH]c2c1. The van der Waals surface area contributed by atoms with Crippen LogP contribution in [0, 0.1) is 5.92 Å². The van der Waals surface area contributed by atoms with Crippen molar-refractivity contribution < 1.29 is 9.47 Å². The molecule has 5 nitrogen and oxygen atoms in total. The van der Waals surface area contributed by atoms with E-state index < -0.39 is 0 Å². The summed E-state index contributed by atoms with van der Waals surface area (Å²) in [5.41, 5.74) is 2.00. The van der Waals surface area contributed by atoms with Crippen molar-refractivity contribution in [2.75, 3.05) is 26.8 Å². The molecule has 2 N–H and O–H groups in total. The van der Waals surface area contributed by atoms with Crippen molar-refractivity contribution in [2.24, 2.45) is 5.92 Å². The Bertz CT molecular complexity index is 1060. The number of rotatable bonds is 9. The predicted molar refractivity (Wildman–Crippen MR) is 116 cm³/mol. The monoisotopic (exact) mass is 390 g/mol. The Balaban J connectivity index is 1.17. The third kappa shape index (κ3) is 4.87. The summed E-state index contributed by atoms with van der Waals surface area (Å²) in [6, 6.07) is 17.3. The quantitative estimate of drug-likeness (QED) is 0.430. The summed E-state index contributed by atoms with van der Waals surface area (Å²) in [4.78, 5) is 14.2. The lowest BCUT2D eigenvalue weighted by Crippen LogP contribution is -2.17. The van der Waals surface area contributed by atoms with E-state index in [1.807, 2.05) is 42.5 Å². The fourth-order valence-electron chi connectivity index (χ4n) is 3.69. The average Bonchev–Trinajstić information content (AvgIpc) is 3.52. The van der Waals surface area contributed by atoms with Crippen LogP contribution in [0.2, 0.25) is 0 Å². The van der Waals surface area contributed by atoms with Crippen LogP contribution >= 0.6 is 0 Å². The highest BCUT2D eigenvalue weighted by Gasteiger charge is 2.39. The molecular weight excluding hydrogens is 364 g/mol. The topological polar surface area (TPSA) is 63.4 Å². The number of H-pyrrole nitrogens is 1. The van der Waals surface area contributed by atoms with Gasteiger partial charge >= 0.3 is 0 Å². The molecule has 0 bridgehead atoms. The van der Waals surface area contributed by atoms with Crippen molar-refractivity contribution in [3.05, 3.63) is 82.7 Å². The van der Waals surface area contributed by atoms with Crippen LogP contribution in [0.3, 0.4) is 0 Å². The van der Waals surface area contributed by atoms with Gasteiger partial charge < -0.3 is 19.8 Å². The van der Waals surface area contributed by atoms with Gasteiger partial charge in [-0.05, 0) is 60.0 Å². The largest absolute Gasteiger partial charge is 0.496 e. The summed E-state index contributed by atoms with van der Waals surface area (Å²) in [5.74, 6) is 3.02. The average molecular weight is 390 g/mol. The van der Waals surface area contributed by atoms with Gasteiger partial charge in [0, 0.05) is 18.7 Å². The zero-order chi connectivity index (χ0) is 20.1. The molecule has 3 aromatic rings. The number of para-hydroxylation sites is 1. The molecule has 0 spiro atoms. The van der Waals surface area contributed by atoms with Crippen LogP contribution in [-0.2, 0) is 0 Å². The number of aromatic nitrogens is 1. The van der Waals surface area contributed by atoms with Crippen molar-refractivity contribution in [3.8, 4) is 11.5 Å². The number of fused-ring (bicyclic) bond motifs is 1. The Hall–Kier alpha value is -3.05. The molecule has 2 atom stereocenters.